The number of carbonyl (C=O) groups is 9. The fourth-order valence-corrected chi connectivity index (χ4v) is 13.7. The van der Waals surface area contributed by atoms with Gasteiger partial charge in [-0.05, 0) is 220 Å². The topological polar surface area (TPSA) is 453 Å². The summed E-state index contributed by atoms with van der Waals surface area (Å²) in [6, 6.07) is 22.9. The number of methoxy groups -OCH3 is 1. The number of aromatic carboxylic acids is 1. The van der Waals surface area contributed by atoms with Crippen molar-refractivity contribution in [2.24, 2.45) is 41.0 Å². The number of Topliss-reactive ketones (excluding diaryl/α,β-unsaturated/α-hetero) is 1. The number of nitrogens with one attached hydrogen (secondary N) is 4. The number of nitrogens with two attached hydrogens (primary N) is 1. The van der Waals surface area contributed by atoms with Gasteiger partial charge in [-0.25, -0.2) is 43.9 Å². The van der Waals surface area contributed by atoms with Crippen LogP contribution < -0.4 is 113 Å². The predicted molar refractivity (Wildman–Crippen MR) is 414 cm³/mol. The number of hydrogen-bond donors (Lipinski definition) is 6. The van der Waals surface area contributed by atoms with E-state index in [1.165, 1.54) is 17.9 Å². The van der Waals surface area contributed by atoms with E-state index in [9.17, 15) is 58.2 Å². The van der Waals surface area contributed by atoms with Gasteiger partial charge in [0.05, 0.1) is 99.2 Å². The zero-order valence-corrected chi connectivity index (χ0v) is 74.4. The number of aromatic amines is 1. The normalized spacial score (nSPS) is 15.1. The average Bonchev–Trinajstić information content (AvgIpc) is 1.65. The molecule has 0 unspecified atom stereocenters. The molecule has 0 radical (unpaired) electrons. The number of ketones is 1. The SMILES string of the molecule is CCOC(=O)CC(=O)[O-].CCOC(=O)CC(=O)c1ccc2nc(C3(NC(=O)OC(C)(C)C)CCC3)n(C)c2c1.COC(=O)c1ccc2nc(C3(NC(=O)OC(C)(C)C)CCC3)n(C)c2c1.Cn1[nH]c(-c2ccc3nc(C4(N)CCC4)n(C)c3c2)cc1=O.Cn1c(C2(NC(=O)OC(C)(C)C)CCC2)nc2ccc(C(=O)O)cc21.[K+].[Na+].[OH-]. The number of aromatic nitrogens is 10. The number of esters is 3. The summed E-state index contributed by atoms with van der Waals surface area (Å²) in [6.07, 6.45) is 8.43. The maximum absolute atomic E-state index is 12.4. The molecule has 0 saturated heterocycles. The first-order chi connectivity index (χ1) is 52.4. The second-order valence-electron chi connectivity index (χ2n) is 31.6. The molecule has 8 N–H and O–H groups in total. The number of hydrogen-bond acceptors (Lipinski definition) is 23. The number of imidazole rings is 4. The van der Waals surface area contributed by atoms with E-state index in [1.54, 1.807) is 75.5 Å². The van der Waals surface area contributed by atoms with Crippen LogP contribution in [-0.2, 0) is 100 Å². The number of rotatable bonds is 17. The molecule has 4 aliphatic carbocycles. The Morgan fingerprint density at radius 1 is 0.513 bits per heavy atom. The minimum atomic E-state index is -1.41. The van der Waals surface area contributed by atoms with Crippen LogP contribution in [0, 0.1) is 0 Å². The molecule has 9 aromatic rings. The summed E-state index contributed by atoms with van der Waals surface area (Å²) in [6.45, 7) is 20.2. The zero-order valence-electron chi connectivity index (χ0n) is 69.3. The van der Waals surface area contributed by atoms with Crippen molar-refractivity contribution in [2.75, 3.05) is 20.3 Å². The minimum absolute atomic E-state index is 0. The Hall–Kier alpha value is -8.84. The van der Waals surface area contributed by atoms with Crippen LogP contribution in [0.15, 0.2) is 83.7 Å². The molecule has 0 atom stereocenters. The molecular formula is C80H104KN14NaO19. The fraction of sp³-hybridized carbons (Fsp3) is 0.500. The molecule has 115 heavy (non-hydrogen) atoms. The van der Waals surface area contributed by atoms with Gasteiger partial charge in [0.15, 0.2) is 5.78 Å². The van der Waals surface area contributed by atoms with E-state index in [4.69, 9.17) is 44.4 Å². The third-order valence-corrected chi connectivity index (χ3v) is 19.7. The summed E-state index contributed by atoms with van der Waals surface area (Å²) < 4.78 is 39.4. The summed E-state index contributed by atoms with van der Waals surface area (Å²) in [5, 5.41) is 30.9. The Morgan fingerprint density at radius 3 is 1.18 bits per heavy atom. The molecule has 0 spiro atoms. The van der Waals surface area contributed by atoms with Crippen LogP contribution >= 0.6 is 0 Å². The second-order valence-corrected chi connectivity index (χ2v) is 31.6. The van der Waals surface area contributed by atoms with Crippen molar-refractivity contribution in [1.29, 1.82) is 0 Å². The van der Waals surface area contributed by atoms with Gasteiger partial charge in [0.2, 0.25) is 0 Å². The summed E-state index contributed by atoms with van der Waals surface area (Å²) in [5.74, 6) is -1.20. The van der Waals surface area contributed by atoms with Crippen LogP contribution in [0.25, 0.3) is 55.4 Å². The molecular weight excluding hydrogens is 1520 g/mol. The molecule has 610 valence electrons. The molecule has 5 heterocycles. The molecule has 4 fully saturated rings. The number of carbonyl (C=O) groups excluding carboxylic acids is 8. The number of amides is 3. The van der Waals surface area contributed by atoms with Crippen molar-refractivity contribution in [1.82, 2.24) is 63.9 Å². The number of carboxylic acids is 2. The Balaban J connectivity index is 0.000000229. The first-order valence-electron chi connectivity index (χ1n) is 37.3. The number of aryl methyl sites for hydroxylation is 5. The van der Waals surface area contributed by atoms with Crippen LogP contribution in [0.3, 0.4) is 0 Å². The van der Waals surface area contributed by atoms with E-state index < -0.39 is 82.0 Å². The van der Waals surface area contributed by atoms with E-state index in [0.29, 0.717) is 16.6 Å². The third-order valence-electron chi connectivity index (χ3n) is 19.7. The van der Waals surface area contributed by atoms with Crippen LogP contribution in [0.4, 0.5) is 14.4 Å². The molecule has 4 saturated carbocycles. The second kappa shape index (κ2) is 38.5. The average molecular weight is 1630 g/mol. The van der Waals surface area contributed by atoms with Gasteiger partial charge in [0.25, 0.3) is 5.56 Å². The molecule has 3 amide bonds. The standard InChI is InChI=1S/C22H29N3O5.C19H25N3O4.C18H23N3O4.C16H19N5O.C5H8O4.K.Na.H2O/c1-6-29-18(27)13-17(26)14-8-9-15-16(12-14)25(5)19(23-15)22(10-7-11-22)24-20(28)30-21(2,3)4;1-18(2,3)26-17(24)21-19(9-6-10-19)16-20-13-8-7-12(15(23)25-5)11-14(13)22(16)4;1-17(2,3)25-16(24)20-18(8-5-9-18)15-19-12-7-6-11(14(22)23)10-13(12)21(15)4;1-20-13-8-10(12-9-14(22)21(2)19-12)4-5-11(13)18-15(20)16(17)6-3-7-16;1-2-9-5(8)3-4(6)7;;;/h8-9,12H,6-7,10-11,13H2,1-5H3,(H,24,28);7-8,11H,6,9-10H2,1-5H3,(H,21,24);6-7,10H,5,8-9H2,1-4H3,(H,20,24)(H,22,23);4-5,8-9,19H,3,6-7,17H2,1-2H3;2-3H2,1H3,(H,6,7);;;1H2/q;;;;;2*+1;/p-2. The number of alkyl carbamates (subject to hydrolysis) is 3. The smallest absolute Gasteiger partial charge is 0.870 e. The Labute approximate surface area is 730 Å². The monoisotopic (exact) mass is 1630 g/mol. The van der Waals surface area contributed by atoms with Crippen molar-refractivity contribution >= 4 is 98.0 Å². The predicted octanol–water partition coefficient (Wildman–Crippen LogP) is 4.18. The Kier molecular flexibility index (Phi) is 31.8. The van der Waals surface area contributed by atoms with Crippen LogP contribution in [0.1, 0.15) is 220 Å². The van der Waals surface area contributed by atoms with E-state index >= 15 is 0 Å². The Morgan fingerprint density at radius 2 is 0.852 bits per heavy atom. The van der Waals surface area contributed by atoms with E-state index in [0.717, 1.165) is 150 Å². The van der Waals surface area contributed by atoms with E-state index in [-0.39, 0.29) is 134 Å². The molecule has 0 aliphatic heterocycles. The number of aliphatic carboxylic acids is 1. The number of fused-ring (bicyclic) bond motifs is 4. The maximum atomic E-state index is 12.4. The fourth-order valence-electron chi connectivity index (χ4n) is 13.7. The van der Waals surface area contributed by atoms with Gasteiger partial charge in [0, 0.05) is 52.4 Å². The van der Waals surface area contributed by atoms with Crippen LogP contribution in [-0.4, -0.2) is 150 Å². The first kappa shape index (κ1) is 95.0. The summed E-state index contributed by atoms with van der Waals surface area (Å²) in [7, 11) is 10.7. The molecule has 4 aromatic carbocycles. The molecule has 13 rings (SSSR count). The number of ether oxygens (including phenoxy) is 6. The summed E-state index contributed by atoms with van der Waals surface area (Å²) >= 11 is 0. The van der Waals surface area contributed by atoms with Crippen LogP contribution in [0.5, 0.6) is 0 Å². The number of benzene rings is 4. The molecule has 5 aromatic heterocycles. The quantitative estimate of drug-likeness (QED) is 0.0245. The first-order valence-corrected chi connectivity index (χ1v) is 37.3. The van der Waals surface area contributed by atoms with Crippen molar-refractivity contribution < 1.29 is 168 Å². The number of nitrogens with zero attached hydrogens (tertiary/aromatic N) is 9. The van der Waals surface area contributed by atoms with Crippen molar-refractivity contribution in [3.05, 3.63) is 129 Å². The largest absolute Gasteiger partial charge is 1.00 e. The number of carboxylic acid groups (broad SMARTS) is 2. The summed E-state index contributed by atoms with van der Waals surface area (Å²) in [5.41, 5.74) is 12.1. The van der Waals surface area contributed by atoms with Crippen molar-refractivity contribution in [3.8, 4) is 11.3 Å². The maximum Gasteiger partial charge on any atom is 1.00 e. The molecule has 0 bridgehead atoms. The van der Waals surface area contributed by atoms with Crippen molar-refractivity contribution in [2.45, 2.75) is 205 Å². The van der Waals surface area contributed by atoms with Gasteiger partial charge in [-0.3, -0.25) is 29.0 Å². The van der Waals surface area contributed by atoms with Gasteiger partial charge in [-0.2, -0.15) is 0 Å². The van der Waals surface area contributed by atoms with Gasteiger partial charge in [0.1, 0.15) is 63.1 Å². The zero-order chi connectivity index (χ0) is 82.4. The van der Waals surface area contributed by atoms with Gasteiger partial charge in [-0.15, -0.1) is 0 Å². The summed E-state index contributed by atoms with van der Waals surface area (Å²) in [4.78, 5) is 134. The van der Waals surface area contributed by atoms with Gasteiger partial charge in [-0.1, -0.05) is 6.07 Å². The van der Waals surface area contributed by atoms with Gasteiger partial charge >= 0.3 is 123 Å². The molecule has 35 heteroatoms. The number of H-pyrrole nitrogens is 1. The van der Waals surface area contributed by atoms with Gasteiger partial charge < -0.3 is 88.9 Å². The van der Waals surface area contributed by atoms with E-state index in [1.807, 2.05) is 116 Å². The van der Waals surface area contributed by atoms with Crippen LogP contribution in [0.2, 0.25) is 0 Å². The Bertz CT molecular complexity index is 5130. The van der Waals surface area contributed by atoms with Crippen molar-refractivity contribution in [3.63, 3.8) is 0 Å². The molecule has 4 aliphatic rings. The minimum Gasteiger partial charge on any atom is -0.870 e. The third kappa shape index (κ3) is 22.9. The molecule has 33 nitrogen and oxygen atoms in total. The van der Waals surface area contributed by atoms with E-state index in [2.05, 4.69) is 41.4 Å².